The van der Waals surface area contributed by atoms with Crippen molar-refractivity contribution in [3.05, 3.63) is 46.5 Å². The van der Waals surface area contributed by atoms with Crippen molar-refractivity contribution in [1.29, 1.82) is 0 Å². The van der Waals surface area contributed by atoms with Crippen LogP contribution in [0.3, 0.4) is 0 Å². The van der Waals surface area contributed by atoms with E-state index in [4.69, 9.17) is 4.74 Å². The first kappa shape index (κ1) is 21.2. The van der Waals surface area contributed by atoms with Gasteiger partial charge in [-0.2, -0.15) is 6.20 Å². The summed E-state index contributed by atoms with van der Waals surface area (Å²) >= 11 is 0. The van der Waals surface area contributed by atoms with Crippen LogP contribution in [0.25, 0.3) is 5.32 Å². The molecule has 4 heterocycles. The average Bonchev–Trinajstić information content (AvgIpc) is 3.46. The number of hydrogen-bond acceptors (Lipinski definition) is 3. The van der Waals surface area contributed by atoms with Crippen LogP contribution in [0.4, 0.5) is 0 Å². The Labute approximate surface area is 196 Å². The minimum Gasteiger partial charge on any atom is -0.662 e. The second-order valence-corrected chi connectivity index (χ2v) is 9.66. The zero-order chi connectivity index (χ0) is 19.4. The number of ether oxygens (including phenoxy) is 1. The molecule has 0 aromatic heterocycles. The molecule has 0 radical (unpaired) electrons. The smallest absolute Gasteiger partial charge is 0.662 e. The molecule has 5 rings (SSSR count). The van der Waals surface area contributed by atoms with Crippen LogP contribution in [0.5, 0.6) is 5.75 Å². The quantitative estimate of drug-likeness (QED) is 0.703. The van der Waals surface area contributed by atoms with Crippen molar-refractivity contribution in [1.82, 2.24) is 9.80 Å². The largest absolute Gasteiger partial charge is 1.00 e. The van der Waals surface area contributed by atoms with E-state index < -0.39 is 0 Å². The van der Waals surface area contributed by atoms with Gasteiger partial charge in [-0.25, -0.2) is 0 Å². The maximum absolute atomic E-state index is 12.2. The maximum atomic E-state index is 12.2. The zero-order valence-corrected chi connectivity index (χ0v) is 20.0. The first-order valence-electron chi connectivity index (χ1n) is 10.7. The summed E-state index contributed by atoms with van der Waals surface area (Å²) in [4.78, 5) is 16.7. The summed E-state index contributed by atoms with van der Waals surface area (Å²) in [6.07, 6.45) is 7.43. The normalized spacial score (nSPS) is 24.1. The van der Waals surface area contributed by atoms with E-state index in [1.54, 1.807) is 6.20 Å². The van der Waals surface area contributed by atoms with Gasteiger partial charge in [0.25, 0.3) is 0 Å². The third-order valence-corrected chi connectivity index (χ3v) is 7.07. The van der Waals surface area contributed by atoms with Gasteiger partial charge in [-0.3, -0.25) is 9.69 Å². The van der Waals surface area contributed by atoms with E-state index in [1.807, 2.05) is 4.90 Å². The Hall–Kier alpha value is -1.01. The fourth-order valence-corrected chi connectivity index (χ4v) is 5.22. The molecule has 4 aliphatic rings. The van der Waals surface area contributed by atoms with Crippen LogP contribution in [-0.2, 0) is 17.8 Å². The minimum atomic E-state index is -0.0837. The minimum absolute atomic E-state index is 0. The molecule has 1 aromatic rings. The van der Waals surface area contributed by atoms with Gasteiger partial charge < -0.3 is 15.0 Å². The number of piperidine rings is 2. The fraction of sp³-hybridized carbons (Fsp3) is 0.609. The van der Waals surface area contributed by atoms with Crippen LogP contribution in [0.15, 0.2) is 30.1 Å². The molecule has 4 aliphatic heterocycles. The molecule has 29 heavy (non-hydrogen) atoms. The molecule has 0 N–H and O–H groups in total. The Morgan fingerprint density at radius 1 is 1.10 bits per heavy atom. The number of likely N-dealkylation sites (tertiary alicyclic amines) is 2. The molecule has 0 saturated carbocycles. The van der Waals surface area contributed by atoms with Gasteiger partial charge in [0.15, 0.2) is 0 Å². The van der Waals surface area contributed by atoms with Crippen molar-refractivity contribution in [2.45, 2.75) is 58.1 Å². The van der Waals surface area contributed by atoms with Crippen LogP contribution in [0.2, 0.25) is 0 Å². The topological polar surface area (TPSA) is 46.9 Å². The molecule has 6 heteroatoms. The van der Waals surface area contributed by atoms with Crippen molar-refractivity contribution in [2.24, 2.45) is 5.41 Å². The Morgan fingerprint density at radius 2 is 1.76 bits per heavy atom. The second kappa shape index (κ2) is 7.92. The summed E-state index contributed by atoms with van der Waals surface area (Å²) in [7, 11) is 0. The van der Waals surface area contributed by atoms with E-state index in [2.05, 4.69) is 42.3 Å². The molecule has 0 bridgehead atoms. The van der Waals surface area contributed by atoms with E-state index in [0.29, 0.717) is 11.1 Å². The maximum Gasteiger partial charge on any atom is 1.00 e. The van der Waals surface area contributed by atoms with Crippen molar-refractivity contribution in [3.63, 3.8) is 0 Å². The van der Waals surface area contributed by atoms with E-state index in [0.717, 1.165) is 57.7 Å². The van der Waals surface area contributed by atoms with E-state index in [9.17, 15) is 4.79 Å². The molecular formula is C23H30N3NaO2. The monoisotopic (exact) mass is 403 g/mol. The molecule has 5 nitrogen and oxygen atoms in total. The second-order valence-electron chi connectivity index (χ2n) is 9.66. The zero-order valence-electron chi connectivity index (χ0n) is 18.0. The Kier molecular flexibility index (Phi) is 5.80. The van der Waals surface area contributed by atoms with Crippen LogP contribution < -0.4 is 34.3 Å². The summed E-state index contributed by atoms with van der Waals surface area (Å²) < 4.78 is 6.26. The average molecular weight is 404 g/mol. The van der Waals surface area contributed by atoms with Gasteiger partial charge in [0, 0.05) is 31.6 Å². The number of benzene rings is 1. The number of carbonyl (C=O) groups is 1. The molecule has 1 amide bonds. The third kappa shape index (κ3) is 4.39. The number of para-hydroxylation sites is 1. The van der Waals surface area contributed by atoms with Crippen LogP contribution in [0, 0.1) is 5.41 Å². The molecule has 150 valence electrons. The Balaban J connectivity index is 0.00000205. The first-order chi connectivity index (χ1) is 13.4. The number of rotatable bonds is 3. The Bertz CT molecular complexity index is 817. The molecular weight excluding hydrogens is 373 g/mol. The van der Waals surface area contributed by atoms with Crippen LogP contribution in [0.1, 0.15) is 50.7 Å². The summed E-state index contributed by atoms with van der Waals surface area (Å²) in [6, 6.07) is 6.61. The summed E-state index contributed by atoms with van der Waals surface area (Å²) in [5.41, 5.74) is 3.69. The fourth-order valence-electron chi connectivity index (χ4n) is 5.22. The van der Waals surface area contributed by atoms with Crippen molar-refractivity contribution >= 4 is 5.91 Å². The Morgan fingerprint density at radius 3 is 2.41 bits per heavy atom. The summed E-state index contributed by atoms with van der Waals surface area (Å²) in [5, 5.41) is 3.95. The SMILES string of the molecule is CC1(C)Cc2cccc(CN3CCC4(CC3)CCN(C(=O)C3=C[N-]3)CC4)c2O1.[Na+]. The molecule has 2 fully saturated rings. The summed E-state index contributed by atoms with van der Waals surface area (Å²) in [6.45, 7) is 9.39. The van der Waals surface area contributed by atoms with E-state index >= 15 is 0 Å². The molecule has 1 spiro atoms. The van der Waals surface area contributed by atoms with Gasteiger partial charge in [0.1, 0.15) is 11.4 Å². The van der Waals surface area contributed by atoms with E-state index in [1.165, 1.54) is 24.0 Å². The van der Waals surface area contributed by atoms with Crippen molar-refractivity contribution in [2.75, 3.05) is 26.2 Å². The number of hydrogen-bond donors (Lipinski definition) is 0. The standard InChI is InChI=1S/C23H31N3O2.Na/c1-22(2)14-17-4-3-5-18(20(17)28-22)16-25-10-6-23(7-11-25)8-12-26(13-9-23)21(27)19-15-24-19;/h3-5,15H,6-14,16H2,1-2H3,(H,24,27);/q;+1/p-1. The predicted molar refractivity (Wildman–Crippen MR) is 109 cm³/mol. The molecule has 0 atom stereocenters. The van der Waals surface area contributed by atoms with E-state index in [-0.39, 0.29) is 41.1 Å². The predicted octanol–water partition coefficient (Wildman–Crippen LogP) is 0.837. The molecule has 0 unspecified atom stereocenters. The van der Waals surface area contributed by atoms with Gasteiger partial charge in [-0.05, 0) is 63.6 Å². The summed E-state index contributed by atoms with van der Waals surface area (Å²) in [5.74, 6) is 1.26. The first-order valence-corrected chi connectivity index (χ1v) is 10.7. The van der Waals surface area contributed by atoms with Gasteiger partial charge in [0.2, 0.25) is 5.91 Å². The number of amides is 1. The van der Waals surface area contributed by atoms with Crippen molar-refractivity contribution < 1.29 is 39.1 Å². The molecule has 1 aromatic carbocycles. The van der Waals surface area contributed by atoms with Crippen LogP contribution in [-0.4, -0.2) is 47.5 Å². The number of nitrogens with zero attached hydrogens (tertiary/aromatic N) is 3. The van der Waals surface area contributed by atoms with Crippen LogP contribution >= 0.6 is 0 Å². The van der Waals surface area contributed by atoms with Gasteiger partial charge >= 0.3 is 29.6 Å². The number of carbonyl (C=O) groups excluding carboxylic acids is 1. The number of fused-ring (bicyclic) bond motifs is 1. The van der Waals surface area contributed by atoms with Gasteiger partial charge in [-0.1, -0.05) is 23.9 Å². The molecule has 2 saturated heterocycles. The third-order valence-electron chi connectivity index (χ3n) is 7.07. The van der Waals surface area contributed by atoms with Crippen molar-refractivity contribution in [3.8, 4) is 5.75 Å². The van der Waals surface area contributed by atoms with Gasteiger partial charge in [-0.15, -0.1) is 0 Å². The molecule has 0 aliphatic carbocycles. The van der Waals surface area contributed by atoms with Gasteiger partial charge in [0.05, 0.1) is 0 Å².